The molecule has 1 aromatic carbocycles. The van der Waals surface area contributed by atoms with Crippen LogP contribution >= 0.6 is 0 Å². The predicted molar refractivity (Wildman–Crippen MR) is 60.7 cm³/mol. The summed E-state index contributed by atoms with van der Waals surface area (Å²) in [6.45, 7) is 2.55. The summed E-state index contributed by atoms with van der Waals surface area (Å²) in [5, 5.41) is 5.73. The summed E-state index contributed by atoms with van der Waals surface area (Å²) in [4.78, 5) is 11.5. The van der Waals surface area contributed by atoms with Crippen LogP contribution in [0.1, 0.15) is 24.7 Å². The van der Waals surface area contributed by atoms with Crippen LogP contribution in [0.25, 0.3) is 0 Å². The van der Waals surface area contributed by atoms with Crippen LogP contribution in [-0.2, 0) is 0 Å². The zero-order chi connectivity index (χ0) is 9.68. The van der Waals surface area contributed by atoms with Crippen molar-refractivity contribution in [2.45, 2.75) is 14.4 Å². The van der Waals surface area contributed by atoms with Gasteiger partial charge in [-0.25, -0.2) is 0 Å². The monoisotopic (exact) mass is 194 g/mol. The first-order valence-electron chi connectivity index (χ1n) is 4.34. The van der Waals surface area contributed by atoms with Crippen molar-refractivity contribution in [3.8, 4) is 0 Å². The number of anilines is 1. The molecular weight excluding hydrogens is 176 g/mol. The Morgan fingerprint density at radius 3 is 2.57 bits per heavy atom. The number of amides is 1. The van der Waals surface area contributed by atoms with Gasteiger partial charge in [0.2, 0.25) is 0 Å². The standard InChI is InChI=1S/C10H14N2O.CH4/c1-3-12-10(13)8-6-4-5-7-9(8)11-2;/h4-7,11H,3H2,1-2H3,(H,12,13);1H4. The molecule has 0 aliphatic carbocycles. The lowest BCUT2D eigenvalue weighted by atomic mass is 10.1. The van der Waals surface area contributed by atoms with Crippen LogP contribution in [0.2, 0.25) is 0 Å². The van der Waals surface area contributed by atoms with Crippen LogP contribution in [-0.4, -0.2) is 19.5 Å². The van der Waals surface area contributed by atoms with Crippen molar-refractivity contribution in [3.05, 3.63) is 29.8 Å². The Morgan fingerprint density at radius 2 is 2.00 bits per heavy atom. The Hall–Kier alpha value is -1.51. The van der Waals surface area contributed by atoms with Gasteiger partial charge in [-0.1, -0.05) is 19.6 Å². The summed E-state index contributed by atoms with van der Waals surface area (Å²) in [7, 11) is 1.80. The van der Waals surface area contributed by atoms with E-state index in [1.165, 1.54) is 0 Å². The summed E-state index contributed by atoms with van der Waals surface area (Å²) in [5.74, 6) is -0.0348. The zero-order valence-electron chi connectivity index (χ0n) is 7.92. The molecule has 0 saturated carbocycles. The highest BCUT2D eigenvalue weighted by molar-refractivity contribution is 5.99. The fourth-order valence-corrected chi connectivity index (χ4v) is 1.15. The summed E-state index contributed by atoms with van der Waals surface area (Å²) in [6, 6.07) is 7.43. The minimum Gasteiger partial charge on any atom is -0.387 e. The highest BCUT2D eigenvalue weighted by atomic mass is 16.1. The Balaban J connectivity index is 0.00000169. The van der Waals surface area contributed by atoms with Gasteiger partial charge in [-0.05, 0) is 19.1 Å². The molecule has 0 radical (unpaired) electrons. The van der Waals surface area contributed by atoms with E-state index in [0.29, 0.717) is 12.1 Å². The number of nitrogens with one attached hydrogen (secondary N) is 2. The number of para-hydroxylation sites is 1. The molecule has 0 aliphatic heterocycles. The van der Waals surface area contributed by atoms with Gasteiger partial charge in [-0.3, -0.25) is 4.79 Å². The van der Waals surface area contributed by atoms with Gasteiger partial charge in [0, 0.05) is 19.3 Å². The van der Waals surface area contributed by atoms with Crippen molar-refractivity contribution in [1.29, 1.82) is 0 Å². The molecule has 0 atom stereocenters. The molecule has 1 aromatic rings. The second-order valence-electron chi connectivity index (χ2n) is 2.66. The van der Waals surface area contributed by atoms with E-state index in [1.807, 2.05) is 25.1 Å². The third kappa shape index (κ3) is 2.76. The normalized spacial score (nSPS) is 8.71. The van der Waals surface area contributed by atoms with Gasteiger partial charge in [0.25, 0.3) is 5.91 Å². The van der Waals surface area contributed by atoms with Crippen molar-refractivity contribution < 1.29 is 4.79 Å². The SMILES string of the molecule is C.CCNC(=O)c1ccccc1NC. The number of carbonyl (C=O) groups is 1. The Kier molecular flexibility index (Phi) is 5.37. The van der Waals surface area contributed by atoms with Gasteiger partial charge in [-0.2, -0.15) is 0 Å². The third-order valence-corrected chi connectivity index (χ3v) is 1.78. The molecule has 0 heterocycles. The van der Waals surface area contributed by atoms with E-state index >= 15 is 0 Å². The van der Waals surface area contributed by atoms with E-state index < -0.39 is 0 Å². The first kappa shape index (κ1) is 12.5. The molecule has 0 unspecified atom stereocenters. The quantitative estimate of drug-likeness (QED) is 0.773. The first-order valence-corrected chi connectivity index (χ1v) is 4.34. The molecule has 1 rings (SSSR count). The molecule has 0 bridgehead atoms. The van der Waals surface area contributed by atoms with Crippen molar-refractivity contribution in [3.63, 3.8) is 0 Å². The highest BCUT2D eigenvalue weighted by Gasteiger charge is 2.07. The second kappa shape index (κ2) is 6.02. The lowest BCUT2D eigenvalue weighted by Gasteiger charge is -2.07. The van der Waals surface area contributed by atoms with Crippen LogP contribution < -0.4 is 10.6 Å². The van der Waals surface area contributed by atoms with Gasteiger partial charge in [0.05, 0.1) is 5.56 Å². The van der Waals surface area contributed by atoms with Gasteiger partial charge in [-0.15, -0.1) is 0 Å². The largest absolute Gasteiger partial charge is 0.387 e. The van der Waals surface area contributed by atoms with Crippen LogP contribution in [0.3, 0.4) is 0 Å². The maximum Gasteiger partial charge on any atom is 0.253 e. The number of hydrogen-bond donors (Lipinski definition) is 2. The van der Waals surface area contributed by atoms with Crippen LogP contribution in [0.4, 0.5) is 5.69 Å². The zero-order valence-corrected chi connectivity index (χ0v) is 7.92. The number of rotatable bonds is 3. The van der Waals surface area contributed by atoms with Crippen molar-refractivity contribution in [2.75, 3.05) is 18.9 Å². The lowest BCUT2D eigenvalue weighted by Crippen LogP contribution is -2.23. The van der Waals surface area contributed by atoms with E-state index in [2.05, 4.69) is 10.6 Å². The minimum absolute atomic E-state index is 0. The highest BCUT2D eigenvalue weighted by Crippen LogP contribution is 2.13. The van der Waals surface area contributed by atoms with Crippen molar-refractivity contribution >= 4 is 11.6 Å². The Bertz CT molecular complexity index is 297. The molecule has 14 heavy (non-hydrogen) atoms. The van der Waals surface area contributed by atoms with Gasteiger partial charge < -0.3 is 10.6 Å². The van der Waals surface area contributed by atoms with E-state index in [1.54, 1.807) is 13.1 Å². The second-order valence-corrected chi connectivity index (χ2v) is 2.66. The van der Waals surface area contributed by atoms with Gasteiger partial charge in [0.15, 0.2) is 0 Å². The van der Waals surface area contributed by atoms with Crippen LogP contribution in [0, 0.1) is 0 Å². The van der Waals surface area contributed by atoms with E-state index in [9.17, 15) is 4.79 Å². The predicted octanol–water partition coefficient (Wildman–Crippen LogP) is 2.11. The fraction of sp³-hybridized carbons (Fsp3) is 0.364. The molecule has 0 saturated heterocycles. The number of benzene rings is 1. The lowest BCUT2D eigenvalue weighted by molar-refractivity contribution is 0.0956. The summed E-state index contributed by atoms with van der Waals surface area (Å²) >= 11 is 0. The molecule has 1 amide bonds. The summed E-state index contributed by atoms with van der Waals surface area (Å²) in [5.41, 5.74) is 1.54. The van der Waals surface area contributed by atoms with Gasteiger partial charge >= 0.3 is 0 Å². The Morgan fingerprint density at radius 1 is 1.36 bits per heavy atom. The molecule has 3 heteroatoms. The van der Waals surface area contributed by atoms with Crippen molar-refractivity contribution in [2.24, 2.45) is 0 Å². The van der Waals surface area contributed by atoms with Crippen LogP contribution in [0.5, 0.6) is 0 Å². The molecule has 0 aliphatic rings. The van der Waals surface area contributed by atoms with Crippen molar-refractivity contribution in [1.82, 2.24) is 5.32 Å². The molecule has 0 fully saturated rings. The number of hydrogen-bond acceptors (Lipinski definition) is 2. The maximum atomic E-state index is 11.5. The molecule has 2 N–H and O–H groups in total. The first-order chi connectivity index (χ1) is 6.29. The minimum atomic E-state index is -0.0348. The van der Waals surface area contributed by atoms with Crippen LogP contribution in [0.15, 0.2) is 24.3 Å². The molecule has 3 nitrogen and oxygen atoms in total. The Labute approximate surface area is 85.5 Å². The summed E-state index contributed by atoms with van der Waals surface area (Å²) in [6.07, 6.45) is 0. The smallest absolute Gasteiger partial charge is 0.253 e. The number of carbonyl (C=O) groups excluding carboxylic acids is 1. The molecule has 0 aromatic heterocycles. The average Bonchev–Trinajstić information content (AvgIpc) is 2.18. The van der Waals surface area contributed by atoms with Gasteiger partial charge in [0.1, 0.15) is 0 Å². The average molecular weight is 194 g/mol. The van der Waals surface area contributed by atoms with E-state index in [4.69, 9.17) is 0 Å². The molecule has 0 spiro atoms. The summed E-state index contributed by atoms with van der Waals surface area (Å²) < 4.78 is 0. The maximum absolute atomic E-state index is 11.5. The third-order valence-electron chi connectivity index (χ3n) is 1.78. The van der Waals surface area contributed by atoms with E-state index in [0.717, 1.165) is 5.69 Å². The fourth-order valence-electron chi connectivity index (χ4n) is 1.15. The molecule has 78 valence electrons. The molecular formula is C11H18N2O. The van der Waals surface area contributed by atoms with E-state index in [-0.39, 0.29) is 13.3 Å². The topological polar surface area (TPSA) is 41.1 Å².